The van der Waals surface area contributed by atoms with E-state index in [1.165, 1.54) is 12.1 Å². The maximum atomic E-state index is 13.8. The average Bonchev–Trinajstić information content (AvgIpc) is 2.69. The van der Waals surface area contributed by atoms with Crippen LogP contribution in [0.3, 0.4) is 0 Å². The lowest BCUT2D eigenvalue weighted by atomic mass is 9.99. The summed E-state index contributed by atoms with van der Waals surface area (Å²) in [6.07, 6.45) is 0.768. The second-order valence-corrected chi connectivity index (χ2v) is 9.93. The Morgan fingerprint density at radius 3 is 2.28 bits per heavy atom. The average molecular weight is 491 g/mol. The molecule has 0 aliphatic heterocycles. The normalized spacial score (nSPS) is 12.9. The number of benzene rings is 2. The van der Waals surface area contributed by atoms with Crippen molar-refractivity contribution < 1.29 is 39.6 Å². The molecular formula is C19H21FNO9S2-. The molecule has 0 amide bonds. The first-order chi connectivity index (χ1) is 14.8. The fourth-order valence-corrected chi connectivity index (χ4v) is 4.18. The van der Waals surface area contributed by atoms with Crippen LogP contribution in [0.25, 0.3) is 0 Å². The van der Waals surface area contributed by atoms with Gasteiger partial charge >= 0.3 is 15.8 Å². The lowest BCUT2D eigenvalue weighted by Gasteiger charge is -2.12. The van der Waals surface area contributed by atoms with Gasteiger partial charge in [-0.15, -0.1) is 0 Å². The molecule has 1 atom stereocenters. The van der Waals surface area contributed by atoms with Gasteiger partial charge in [0.2, 0.25) is 0 Å². The van der Waals surface area contributed by atoms with Crippen LogP contribution in [0.4, 0.5) is 10.1 Å². The quantitative estimate of drug-likeness (QED) is 0.152. The zero-order chi connectivity index (χ0) is 24.1. The van der Waals surface area contributed by atoms with Crippen molar-refractivity contribution in [2.75, 3.05) is 12.4 Å². The highest BCUT2D eigenvalue weighted by Gasteiger charge is 2.23. The lowest BCUT2D eigenvalue weighted by molar-refractivity contribution is -0.386. The molecule has 2 rings (SSSR count). The summed E-state index contributed by atoms with van der Waals surface area (Å²) in [7, 11) is -9.27. The molecule has 0 fully saturated rings. The Balaban J connectivity index is 2.00. The number of halogens is 1. The molecule has 0 spiro atoms. The largest absolute Gasteiger partial charge is 0.744 e. The van der Waals surface area contributed by atoms with E-state index in [0.29, 0.717) is 12.0 Å². The second-order valence-electron chi connectivity index (χ2n) is 6.89. The highest BCUT2D eigenvalue weighted by atomic mass is 32.2. The third-order valence-electron chi connectivity index (χ3n) is 4.56. The van der Waals surface area contributed by atoms with Crippen molar-refractivity contribution in [1.82, 2.24) is 0 Å². The first kappa shape index (κ1) is 25.5. The first-order valence-electron chi connectivity index (χ1n) is 9.42. The van der Waals surface area contributed by atoms with E-state index >= 15 is 0 Å². The third-order valence-corrected chi connectivity index (χ3v) is 6.65. The number of ether oxygens (including phenoxy) is 1. The molecule has 0 N–H and O–H groups in total. The predicted molar refractivity (Wildman–Crippen MR) is 111 cm³/mol. The van der Waals surface area contributed by atoms with Crippen LogP contribution in [0.15, 0.2) is 41.3 Å². The summed E-state index contributed by atoms with van der Waals surface area (Å²) in [5.41, 5.74) is 0.0941. The number of nitro benzene ring substituents is 1. The molecule has 0 bridgehead atoms. The Hall–Kier alpha value is -2.77. The van der Waals surface area contributed by atoms with Gasteiger partial charge in [-0.1, -0.05) is 26.0 Å². The summed E-state index contributed by atoms with van der Waals surface area (Å²) in [4.78, 5) is 8.65. The number of nitrogens with zero attached hydrogens (tertiary/aromatic N) is 1. The van der Waals surface area contributed by atoms with Crippen LogP contribution >= 0.6 is 0 Å². The molecule has 0 aliphatic carbocycles. The highest BCUT2D eigenvalue weighted by molar-refractivity contribution is 7.87. The minimum atomic E-state index is -5.27. The van der Waals surface area contributed by atoms with Crippen molar-refractivity contribution in [1.29, 1.82) is 0 Å². The number of hydrogen-bond acceptors (Lipinski definition) is 9. The van der Waals surface area contributed by atoms with Gasteiger partial charge < -0.3 is 13.5 Å². The molecule has 2 aromatic rings. The molecular weight excluding hydrogens is 469 g/mol. The molecule has 1 unspecified atom stereocenters. The molecule has 0 saturated heterocycles. The molecule has 0 heterocycles. The molecule has 0 aromatic heterocycles. The number of rotatable bonds is 11. The van der Waals surface area contributed by atoms with Crippen LogP contribution in [0.1, 0.15) is 38.2 Å². The van der Waals surface area contributed by atoms with Gasteiger partial charge in [0, 0.05) is 12.1 Å². The summed E-state index contributed by atoms with van der Waals surface area (Å²) >= 11 is 0. The van der Waals surface area contributed by atoms with Crippen molar-refractivity contribution in [3.05, 3.63) is 57.9 Å². The molecule has 13 heteroatoms. The van der Waals surface area contributed by atoms with Crippen LogP contribution in [0.2, 0.25) is 0 Å². The van der Waals surface area contributed by atoms with E-state index in [0.717, 1.165) is 12.0 Å². The molecule has 32 heavy (non-hydrogen) atoms. The van der Waals surface area contributed by atoms with E-state index in [1.54, 1.807) is 12.1 Å². The van der Waals surface area contributed by atoms with Crippen LogP contribution in [0.5, 0.6) is 11.5 Å². The van der Waals surface area contributed by atoms with Crippen LogP contribution in [-0.4, -0.2) is 38.7 Å². The number of hydrogen-bond donors (Lipinski definition) is 0. The van der Waals surface area contributed by atoms with Gasteiger partial charge in [0.15, 0.2) is 5.75 Å². The Morgan fingerprint density at radius 2 is 1.75 bits per heavy atom. The minimum Gasteiger partial charge on any atom is -0.744 e. The molecule has 0 aliphatic rings. The van der Waals surface area contributed by atoms with Crippen molar-refractivity contribution in [2.45, 2.75) is 37.5 Å². The van der Waals surface area contributed by atoms with Gasteiger partial charge in [-0.3, -0.25) is 10.1 Å². The first-order valence-corrected chi connectivity index (χ1v) is 12.4. The Kier molecular flexibility index (Phi) is 8.15. The topological polar surface area (TPSA) is 153 Å². The van der Waals surface area contributed by atoms with Crippen molar-refractivity contribution >= 4 is 25.9 Å². The van der Waals surface area contributed by atoms with Gasteiger partial charge in [0.05, 0.1) is 22.2 Å². The summed E-state index contributed by atoms with van der Waals surface area (Å²) in [6.45, 7) is 3.69. The maximum Gasteiger partial charge on any atom is 0.312 e. The molecule has 0 radical (unpaired) electrons. The van der Waals surface area contributed by atoms with Gasteiger partial charge in [-0.05, 0) is 36.5 Å². The van der Waals surface area contributed by atoms with E-state index in [2.05, 4.69) is 0 Å². The van der Waals surface area contributed by atoms with Gasteiger partial charge in [0.25, 0.3) is 0 Å². The third kappa shape index (κ3) is 6.87. The van der Waals surface area contributed by atoms with Crippen molar-refractivity contribution in [3.8, 4) is 11.5 Å². The van der Waals surface area contributed by atoms with Crippen molar-refractivity contribution in [2.24, 2.45) is 0 Å². The molecule has 2 aromatic carbocycles. The smallest absolute Gasteiger partial charge is 0.312 e. The maximum absolute atomic E-state index is 13.8. The van der Waals surface area contributed by atoms with Crippen LogP contribution in [-0.2, 0) is 20.2 Å². The predicted octanol–water partition coefficient (Wildman–Crippen LogP) is 3.33. The van der Waals surface area contributed by atoms with E-state index in [4.69, 9.17) is 8.92 Å². The Morgan fingerprint density at radius 1 is 1.12 bits per heavy atom. The zero-order valence-electron chi connectivity index (χ0n) is 17.2. The molecule has 0 saturated carbocycles. The summed E-state index contributed by atoms with van der Waals surface area (Å²) in [5, 5.41) is 11.1. The summed E-state index contributed by atoms with van der Waals surface area (Å²) in [6, 6.07) is 7.26. The minimum absolute atomic E-state index is 0.130. The van der Waals surface area contributed by atoms with Crippen molar-refractivity contribution in [3.63, 3.8) is 0 Å². The summed E-state index contributed by atoms with van der Waals surface area (Å²) in [5.74, 6) is -2.21. The lowest BCUT2D eigenvalue weighted by Crippen LogP contribution is -2.16. The van der Waals surface area contributed by atoms with E-state index in [-0.39, 0.29) is 24.8 Å². The Bertz CT molecular complexity index is 1180. The monoisotopic (exact) mass is 490 g/mol. The van der Waals surface area contributed by atoms with Crippen LogP contribution in [0, 0.1) is 15.9 Å². The van der Waals surface area contributed by atoms with E-state index in [9.17, 15) is 35.9 Å². The Labute approximate surface area is 185 Å². The van der Waals surface area contributed by atoms with Crippen LogP contribution < -0.4 is 8.92 Å². The summed E-state index contributed by atoms with van der Waals surface area (Å²) < 4.78 is 81.1. The second kappa shape index (κ2) is 10.2. The highest BCUT2D eigenvalue weighted by Crippen LogP contribution is 2.32. The fraction of sp³-hybridized carbons (Fsp3) is 0.368. The van der Waals surface area contributed by atoms with Gasteiger partial charge in [-0.2, -0.15) is 8.42 Å². The standard InChI is InChI=1S/C19H22FNO9S2/c1-3-13(2)14-5-7-15(8-6-14)30-31(24,25)10-4-9-29-18-11-16(20)19(32(26,27)28)12-17(18)21(22)23/h5-8,11-13H,3-4,9-10H2,1-2H3,(H,26,27,28)/p-1. The molecule has 176 valence electrons. The van der Waals surface area contributed by atoms with Gasteiger partial charge in [0.1, 0.15) is 21.7 Å². The molecule has 10 nitrogen and oxygen atoms in total. The van der Waals surface area contributed by atoms with E-state index in [1.807, 2.05) is 13.8 Å². The number of nitro groups is 1. The zero-order valence-corrected chi connectivity index (χ0v) is 18.8. The van der Waals surface area contributed by atoms with Gasteiger partial charge in [-0.25, -0.2) is 12.8 Å². The van der Waals surface area contributed by atoms with E-state index < -0.39 is 53.1 Å². The SMILES string of the molecule is CCC(C)c1ccc(OS(=O)(=O)CCCOc2cc(F)c(S(=O)(=O)[O-])cc2[N+](=O)[O-])cc1. The fourth-order valence-electron chi connectivity index (χ4n) is 2.67.